The van der Waals surface area contributed by atoms with Crippen molar-refractivity contribution in [3.63, 3.8) is 0 Å². The van der Waals surface area contributed by atoms with Crippen LogP contribution in [0.4, 0.5) is 0 Å². The lowest BCUT2D eigenvalue weighted by atomic mass is 10.1. The minimum atomic E-state index is -0.0692. The fraction of sp³-hybridized carbons (Fsp3) is 0.348. The summed E-state index contributed by atoms with van der Waals surface area (Å²) in [5.41, 5.74) is 2.76. The van der Waals surface area contributed by atoms with Crippen molar-refractivity contribution in [2.45, 2.75) is 27.7 Å². The van der Waals surface area contributed by atoms with Crippen molar-refractivity contribution in [1.29, 1.82) is 0 Å². The Kier molecular flexibility index (Phi) is 10.2. The number of likely N-dealkylation sites (N-methyl/N-ethyl adjacent to an activating group) is 1. The Morgan fingerprint density at radius 1 is 1.28 bits per heavy atom. The summed E-state index contributed by atoms with van der Waals surface area (Å²) in [4.78, 5) is 32.1. The van der Waals surface area contributed by atoms with Crippen LogP contribution in [0.3, 0.4) is 0 Å². The van der Waals surface area contributed by atoms with Gasteiger partial charge >= 0.3 is 0 Å². The van der Waals surface area contributed by atoms with Crippen molar-refractivity contribution in [1.82, 2.24) is 19.4 Å². The van der Waals surface area contributed by atoms with Crippen LogP contribution in [0.2, 0.25) is 0 Å². The molecular weight excluding hydrogens is 364 g/mol. The largest absolute Gasteiger partial charge is 0.368 e. The van der Waals surface area contributed by atoms with E-state index in [1.165, 1.54) is 0 Å². The third kappa shape index (κ3) is 6.75. The van der Waals surface area contributed by atoms with Crippen LogP contribution in [0.15, 0.2) is 66.8 Å². The molecule has 1 saturated heterocycles. The molecule has 1 aliphatic heterocycles. The van der Waals surface area contributed by atoms with Gasteiger partial charge in [-0.3, -0.25) is 9.59 Å². The lowest BCUT2D eigenvalue weighted by Gasteiger charge is -2.35. The number of carbonyl (C=O) groups excluding carboxylic acids is 2. The molecule has 0 bridgehead atoms. The van der Waals surface area contributed by atoms with Crippen LogP contribution < -0.4 is 0 Å². The number of aldehydes is 1. The van der Waals surface area contributed by atoms with E-state index in [9.17, 15) is 9.59 Å². The number of piperazine rings is 1. The van der Waals surface area contributed by atoms with E-state index in [0.29, 0.717) is 24.5 Å². The zero-order valence-electron chi connectivity index (χ0n) is 18.1. The van der Waals surface area contributed by atoms with E-state index >= 15 is 0 Å². The van der Waals surface area contributed by atoms with Gasteiger partial charge in [-0.1, -0.05) is 44.7 Å². The van der Waals surface area contributed by atoms with Crippen LogP contribution in [-0.2, 0) is 9.59 Å². The van der Waals surface area contributed by atoms with Gasteiger partial charge in [0, 0.05) is 32.9 Å². The smallest absolute Gasteiger partial charge is 0.270 e. The van der Waals surface area contributed by atoms with Gasteiger partial charge < -0.3 is 14.4 Å². The van der Waals surface area contributed by atoms with Gasteiger partial charge in [-0.25, -0.2) is 4.98 Å². The maximum absolute atomic E-state index is 12.9. The quantitative estimate of drug-likeness (QED) is 0.401. The lowest BCUT2D eigenvalue weighted by molar-refractivity contribution is -0.130. The molecule has 2 heterocycles. The van der Waals surface area contributed by atoms with Crippen molar-refractivity contribution in [2.75, 3.05) is 26.7 Å². The first-order valence-corrected chi connectivity index (χ1v) is 9.83. The molecule has 1 aromatic heterocycles. The van der Waals surface area contributed by atoms with Gasteiger partial charge in [0.25, 0.3) is 5.91 Å². The molecular formula is C23H32N4O2. The Labute approximate surface area is 174 Å². The zero-order chi connectivity index (χ0) is 21.8. The third-order valence-corrected chi connectivity index (χ3v) is 4.30. The second kappa shape index (κ2) is 12.3. The maximum atomic E-state index is 12.9. The van der Waals surface area contributed by atoms with Gasteiger partial charge in [0.05, 0.1) is 17.7 Å². The molecule has 156 valence electrons. The summed E-state index contributed by atoms with van der Waals surface area (Å²) >= 11 is 0. The Morgan fingerprint density at radius 3 is 2.55 bits per heavy atom. The Hall–Kier alpha value is -3.15. The minimum absolute atomic E-state index is 0.0692. The molecule has 0 aromatic carbocycles. The Balaban J connectivity index is 0.00000204. The number of nitrogens with zero attached hydrogens (tertiary/aromatic N) is 4. The van der Waals surface area contributed by atoms with Gasteiger partial charge in [0.15, 0.2) is 6.29 Å². The topological polar surface area (TPSA) is 58.4 Å². The molecule has 1 aromatic rings. The van der Waals surface area contributed by atoms with Gasteiger partial charge in [-0.15, -0.1) is 0 Å². The molecule has 0 radical (unpaired) electrons. The van der Waals surface area contributed by atoms with Crippen LogP contribution in [0.1, 0.15) is 26.5 Å². The average Bonchev–Trinajstić information content (AvgIpc) is 3.17. The summed E-state index contributed by atoms with van der Waals surface area (Å²) < 4.78 is 1.64. The molecule has 0 spiro atoms. The van der Waals surface area contributed by atoms with Gasteiger partial charge in [-0.2, -0.15) is 0 Å². The SMILES string of the molecule is C=C/C(=C\C=C/C)CN1CCN(C)/C(=C\C=C(/C=O)n2cnc(C)c2)C1=O.CC. The van der Waals surface area contributed by atoms with E-state index in [0.717, 1.165) is 24.1 Å². The highest BCUT2D eigenvalue weighted by molar-refractivity contribution is 6.00. The van der Waals surface area contributed by atoms with E-state index in [-0.39, 0.29) is 5.91 Å². The summed E-state index contributed by atoms with van der Waals surface area (Å²) in [7, 11) is 1.88. The molecule has 1 fully saturated rings. The average molecular weight is 397 g/mol. The van der Waals surface area contributed by atoms with E-state index in [1.807, 2.05) is 57.9 Å². The summed E-state index contributed by atoms with van der Waals surface area (Å²) in [5.74, 6) is -0.0692. The molecule has 0 N–H and O–H groups in total. The van der Waals surface area contributed by atoms with E-state index in [2.05, 4.69) is 11.6 Å². The van der Waals surface area contributed by atoms with Gasteiger partial charge in [-0.05, 0) is 31.6 Å². The van der Waals surface area contributed by atoms with Crippen LogP contribution in [0, 0.1) is 6.92 Å². The van der Waals surface area contributed by atoms with E-state index in [1.54, 1.807) is 40.2 Å². The normalized spacial score (nSPS) is 16.9. The fourth-order valence-electron chi connectivity index (χ4n) is 2.71. The number of amides is 1. The molecule has 0 atom stereocenters. The first kappa shape index (κ1) is 23.9. The summed E-state index contributed by atoms with van der Waals surface area (Å²) in [5, 5.41) is 0. The Bertz CT molecular complexity index is 828. The second-order valence-corrected chi connectivity index (χ2v) is 6.30. The zero-order valence-corrected chi connectivity index (χ0v) is 18.1. The number of imidazole rings is 1. The van der Waals surface area contributed by atoms with Crippen molar-refractivity contribution in [2.24, 2.45) is 0 Å². The van der Waals surface area contributed by atoms with Crippen molar-refractivity contribution < 1.29 is 9.59 Å². The second-order valence-electron chi connectivity index (χ2n) is 6.30. The Morgan fingerprint density at radius 2 is 2.00 bits per heavy atom. The third-order valence-electron chi connectivity index (χ3n) is 4.30. The summed E-state index contributed by atoms with van der Waals surface area (Å²) in [6.07, 6.45) is 15.0. The molecule has 1 amide bonds. The first-order valence-electron chi connectivity index (χ1n) is 9.83. The van der Waals surface area contributed by atoms with Crippen LogP contribution >= 0.6 is 0 Å². The molecule has 6 nitrogen and oxygen atoms in total. The highest BCUT2D eigenvalue weighted by Gasteiger charge is 2.26. The monoisotopic (exact) mass is 396 g/mol. The lowest BCUT2D eigenvalue weighted by Crippen LogP contribution is -2.47. The maximum Gasteiger partial charge on any atom is 0.270 e. The highest BCUT2D eigenvalue weighted by atomic mass is 16.2. The number of rotatable bonds is 7. The van der Waals surface area contributed by atoms with Crippen LogP contribution in [0.25, 0.3) is 5.70 Å². The molecule has 29 heavy (non-hydrogen) atoms. The predicted molar refractivity (Wildman–Crippen MR) is 119 cm³/mol. The van der Waals surface area contributed by atoms with Crippen LogP contribution in [-0.4, -0.2) is 58.2 Å². The van der Waals surface area contributed by atoms with Gasteiger partial charge in [0.1, 0.15) is 5.70 Å². The summed E-state index contributed by atoms with van der Waals surface area (Å²) in [6, 6.07) is 0. The van der Waals surface area contributed by atoms with Gasteiger partial charge in [0.2, 0.25) is 0 Å². The van der Waals surface area contributed by atoms with E-state index in [4.69, 9.17) is 0 Å². The summed E-state index contributed by atoms with van der Waals surface area (Å²) in [6.45, 7) is 13.5. The van der Waals surface area contributed by atoms with Crippen LogP contribution in [0.5, 0.6) is 0 Å². The number of aryl methyl sites for hydroxylation is 1. The standard InChI is InChI=1S/C21H26N4O2.C2H6/c1-5-7-8-18(6-2)14-24-12-11-23(4)20(21(24)27)10-9-19(15-26)25-13-17(3)22-16-25;1-2/h5-10,13,15-16H,2,11-12,14H2,1,3-4H3;1-2H3/b7-5-,18-8+,19-9+,20-10-;. The minimum Gasteiger partial charge on any atom is -0.368 e. The molecule has 6 heteroatoms. The number of allylic oxidation sites excluding steroid dienone is 6. The highest BCUT2D eigenvalue weighted by Crippen LogP contribution is 2.16. The van der Waals surface area contributed by atoms with Crippen molar-refractivity contribution in [3.05, 3.63) is 72.5 Å². The predicted octanol–water partition coefficient (Wildman–Crippen LogP) is 3.60. The fourth-order valence-corrected chi connectivity index (χ4v) is 2.71. The molecule has 1 aliphatic rings. The molecule has 2 rings (SSSR count). The number of hydrogen-bond donors (Lipinski definition) is 0. The molecule has 0 unspecified atom stereocenters. The van der Waals surface area contributed by atoms with Crippen molar-refractivity contribution in [3.8, 4) is 0 Å². The van der Waals surface area contributed by atoms with E-state index < -0.39 is 0 Å². The first-order chi connectivity index (χ1) is 14.0. The number of aromatic nitrogens is 2. The number of carbonyl (C=O) groups is 2. The molecule has 0 saturated carbocycles. The number of hydrogen-bond acceptors (Lipinski definition) is 4. The van der Waals surface area contributed by atoms with Crippen molar-refractivity contribution >= 4 is 17.9 Å². The molecule has 0 aliphatic carbocycles.